The van der Waals surface area contributed by atoms with Crippen molar-refractivity contribution in [1.29, 1.82) is 0 Å². The molecule has 0 spiro atoms. The molecular formula is C16H34ClN3O. The molecule has 1 rings (SSSR count). The van der Waals surface area contributed by atoms with Gasteiger partial charge in [0.15, 0.2) is 0 Å². The first kappa shape index (κ1) is 20.7. The normalized spacial score (nSPS) is 19.8. The fourth-order valence-corrected chi connectivity index (χ4v) is 2.39. The first-order valence-electron chi connectivity index (χ1n) is 8.01. The van der Waals surface area contributed by atoms with E-state index in [2.05, 4.69) is 39.5 Å². The molecule has 1 heterocycles. The summed E-state index contributed by atoms with van der Waals surface area (Å²) in [6.07, 6.45) is 2.16. The molecule has 1 saturated heterocycles. The second-order valence-electron chi connectivity index (χ2n) is 7.39. The molecule has 1 aliphatic rings. The molecule has 0 aromatic rings. The molecule has 0 aromatic carbocycles. The third-order valence-corrected chi connectivity index (χ3v) is 4.40. The lowest BCUT2D eigenvalue weighted by Crippen LogP contribution is -2.54. The van der Waals surface area contributed by atoms with Crippen LogP contribution in [-0.4, -0.2) is 54.5 Å². The van der Waals surface area contributed by atoms with Crippen LogP contribution in [0.25, 0.3) is 0 Å². The lowest BCUT2D eigenvalue weighted by molar-refractivity contribution is -0.135. The van der Waals surface area contributed by atoms with Crippen molar-refractivity contribution in [2.45, 2.75) is 53.5 Å². The van der Waals surface area contributed by atoms with Crippen LogP contribution in [0.1, 0.15) is 47.5 Å². The first-order valence-corrected chi connectivity index (χ1v) is 8.01. The Balaban J connectivity index is 0.00000400. The number of piperazine rings is 1. The van der Waals surface area contributed by atoms with Crippen LogP contribution in [0.3, 0.4) is 0 Å². The summed E-state index contributed by atoms with van der Waals surface area (Å²) in [5.74, 6) is 0.399. The van der Waals surface area contributed by atoms with Crippen LogP contribution in [-0.2, 0) is 4.79 Å². The van der Waals surface area contributed by atoms with Gasteiger partial charge in [-0.05, 0) is 24.3 Å². The molecule has 1 amide bonds. The van der Waals surface area contributed by atoms with Crippen molar-refractivity contribution in [1.82, 2.24) is 9.80 Å². The number of amides is 1. The van der Waals surface area contributed by atoms with Crippen molar-refractivity contribution in [3.8, 4) is 0 Å². The predicted molar refractivity (Wildman–Crippen MR) is 91.8 cm³/mol. The summed E-state index contributed by atoms with van der Waals surface area (Å²) in [6.45, 7) is 15.7. The summed E-state index contributed by atoms with van der Waals surface area (Å²) >= 11 is 0. The quantitative estimate of drug-likeness (QED) is 0.846. The number of carbonyl (C=O) groups excluding carboxylic acids is 1. The Morgan fingerprint density at radius 2 is 1.71 bits per heavy atom. The summed E-state index contributed by atoms with van der Waals surface area (Å²) in [5, 5.41) is 0. The van der Waals surface area contributed by atoms with Crippen LogP contribution in [0.15, 0.2) is 0 Å². The number of rotatable bonds is 5. The Bertz CT molecular complexity index is 309. The summed E-state index contributed by atoms with van der Waals surface area (Å²) in [6, 6.07) is -0.332. The van der Waals surface area contributed by atoms with Crippen LogP contribution in [0.5, 0.6) is 0 Å². The van der Waals surface area contributed by atoms with Gasteiger partial charge in [-0.15, -0.1) is 12.4 Å². The van der Waals surface area contributed by atoms with Crippen molar-refractivity contribution in [2.75, 3.05) is 32.7 Å². The summed E-state index contributed by atoms with van der Waals surface area (Å²) in [5.41, 5.74) is 6.43. The van der Waals surface area contributed by atoms with Crippen LogP contribution in [0, 0.1) is 11.3 Å². The van der Waals surface area contributed by atoms with Gasteiger partial charge in [0, 0.05) is 26.2 Å². The van der Waals surface area contributed by atoms with E-state index < -0.39 is 0 Å². The highest BCUT2D eigenvalue weighted by Crippen LogP contribution is 2.19. The molecule has 0 radical (unpaired) electrons. The molecule has 1 aliphatic heterocycles. The van der Waals surface area contributed by atoms with Gasteiger partial charge in [0.2, 0.25) is 5.91 Å². The maximum absolute atomic E-state index is 12.3. The van der Waals surface area contributed by atoms with E-state index in [1.807, 2.05) is 4.90 Å². The van der Waals surface area contributed by atoms with E-state index in [0.717, 1.165) is 39.1 Å². The van der Waals surface area contributed by atoms with Gasteiger partial charge >= 0.3 is 0 Å². The average Bonchev–Trinajstić information content (AvgIpc) is 2.42. The summed E-state index contributed by atoms with van der Waals surface area (Å²) in [7, 11) is 0. The predicted octanol–water partition coefficient (Wildman–Crippen LogP) is 2.36. The van der Waals surface area contributed by atoms with Gasteiger partial charge in [-0.2, -0.15) is 0 Å². The zero-order chi connectivity index (χ0) is 15.3. The van der Waals surface area contributed by atoms with Crippen LogP contribution in [0.4, 0.5) is 0 Å². The standard InChI is InChI=1S/C16H33N3O.ClH/c1-6-13(2)14(17)15(20)19-11-9-18(10-12-19)8-7-16(3,4)5;/h13-14H,6-12,17H2,1-5H3;1H. The molecule has 4 nitrogen and oxygen atoms in total. The monoisotopic (exact) mass is 319 g/mol. The largest absolute Gasteiger partial charge is 0.339 e. The number of hydrogen-bond donors (Lipinski definition) is 1. The van der Waals surface area contributed by atoms with Gasteiger partial charge in [0.25, 0.3) is 0 Å². The van der Waals surface area contributed by atoms with E-state index in [1.165, 1.54) is 6.42 Å². The smallest absolute Gasteiger partial charge is 0.239 e. The Kier molecular flexibility index (Phi) is 8.83. The molecule has 126 valence electrons. The Morgan fingerprint density at radius 1 is 1.19 bits per heavy atom. The minimum atomic E-state index is -0.332. The second-order valence-corrected chi connectivity index (χ2v) is 7.39. The van der Waals surface area contributed by atoms with Crippen molar-refractivity contribution in [3.63, 3.8) is 0 Å². The SMILES string of the molecule is CCC(C)C(N)C(=O)N1CCN(CCC(C)(C)C)CC1.Cl. The maximum atomic E-state index is 12.3. The minimum Gasteiger partial charge on any atom is -0.339 e. The third kappa shape index (κ3) is 6.98. The zero-order valence-electron chi connectivity index (χ0n) is 14.4. The van der Waals surface area contributed by atoms with Crippen molar-refractivity contribution < 1.29 is 4.79 Å². The lowest BCUT2D eigenvalue weighted by atomic mass is 9.92. The highest BCUT2D eigenvalue weighted by Gasteiger charge is 2.28. The van der Waals surface area contributed by atoms with Crippen LogP contribution in [0.2, 0.25) is 0 Å². The Hall–Kier alpha value is -0.320. The summed E-state index contributed by atoms with van der Waals surface area (Å²) < 4.78 is 0. The highest BCUT2D eigenvalue weighted by atomic mass is 35.5. The number of hydrogen-bond acceptors (Lipinski definition) is 3. The molecule has 2 unspecified atom stereocenters. The van der Waals surface area contributed by atoms with E-state index >= 15 is 0 Å². The summed E-state index contributed by atoms with van der Waals surface area (Å²) in [4.78, 5) is 16.7. The van der Waals surface area contributed by atoms with Crippen LogP contribution < -0.4 is 5.73 Å². The number of nitrogens with two attached hydrogens (primary N) is 1. The highest BCUT2D eigenvalue weighted by molar-refractivity contribution is 5.85. The number of halogens is 1. The van der Waals surface area contributed by atoms with Crippen LogP contribution >= 0.6 is 12.4 Å². The molecule has 0 saturated carbocycles. The Labute approximate surface area is 136 Å². The van der Waals surface area contributed by atoms with Gasteiger partial charge in [0.05, 0.1) is 6.04 Å². The van der Waals surface area contributed by atoms with E-state index in [1.54, 1.807) is 0 Å². The molecule has 2 N–H and O–H groups in total. The van der Waals surface area contributed by atoms with Crippen molar-refractivity contribution >= 4 is 18.3 Å². The van der Waals surface area contributed by atoms with E-state index in [0.29, 0.717) is 5.41 Å². The maximum Gasteiger partial charge on any atom is 0.239 e. The fraction of sp³-hybridized carbons (Fsp3) is 0.938. The van der Waals surface area contributed by atoms with Gasteiger partial charge < -0.3 is 10.6 Å². The van der Waals surface area contributed by atoms with E-state index in [-0.39, 0.29) is 30.3 Å². The number of carbonyl (C=O) groups is 1. The zero-order valence-corrected chi connectivity index (χ0v) is 15.2. The molecule has 21 heavy (non-hydrogen) atoms. The molecule has 1 fully saturated rings. The van der Waals surface area contributed by atoms with Gasteiger partial charge in [0.1, 0.15) is 0 Å². The average molecular weight is 320 g/mol. The van der Waals surface area contributed by atoms with Gasteiger partial charge in [-0.25, -0.2) is 0 Å². The van der Waals surface area contributed by atoms with Crippen molar-refractivity contribution in [3.05, 3.63) is 0 Å². The third-order valence-electron chi connectivity index (χ3n) is 4.40. The fourth-order valence-electron chi connectivity index (χ4n) is 2.39. The molecule has 5 heteroatoms. The first-order chi connectivity index (χ1) is 9.24. The molecular weight excluding hydrogens is 286 g/mol. The molecule has 0 bridgehead atoms. The Morgan fingerprint density at radius 3 is 2.14 bits per heavy atom. The lowest BCUT2D eigenvalue weighted by Gasteiger charge is -2.37. The molecule has 0 aliphatic carbocycles. The van der Waals surface area contributed by atoms with E-state index in [4.69, 9.17) is 5.73 Å². The van der Waals surface area contributed by atoms with Gasteiger partial charge in [-0.1, -0.05) is 41.0 Å². The second kappa shape index (κ2) is 8.96. The van der Waals surface area contributed by atoms with Gasteiger partial charge in [-0.3, -0.25) is 9.69 Å². The minimum absolute atomic E-state index is 0. The van der Waals surface area contributed by atoms with E-state index in [9.17, 15) is 4.79 Å². The molecule has 2 atom stereocenters. The van der Waals surface area contributed by atoms with Crippen molar-refractivity contribution in [2.24, 2.45) is 17.1 Å². The molecule has 0 aromatic heterocycles. The topological polar surface area (TPSA) is 49.6 Å². The number of nitrogens with zero attached hydrogens (tertiary/aromatic N) is 2.